The summed E-state index contributed by atoms with van der Waals surface area (Å²) >= 11 is 0. The molecule has 0 aromatic heterocycles. The summed E-state index contributed by atoms with van der Waals surface area (Å²) in [5, 5.41) is 2.82. The number of sulfonamides is 1. The van der Waals surface area contributed by atoms with Crippen LogP contribution >= 0.6 is 0 Å². The second-order valence-corrected chi connectivity index (χ2v) is 7.51. The van der Waals surface area contributed by atoms with E-state index in [1.165, 1.54) is 4.31 Å². The standard InChI is InChI=1S/C16H22N2O3S/c1-4-6-13(3)16(19)17-14-8-7-12(2)15(11-14)18-9-5-10-22(18,20)21/h6-8,11H,4-5,9-10H2,1-3H3,(H,17,19)/b13-6+. The number of allylic oxidation sites excluding steroid dienone is 1. The molecule has 0 bridgehead atoms. The Balaban J connectivity index is 2.28. The molecular weight excluding hydrogens is 300 g/mol. The van der Waals surface area contributed by atoms with Crippen molar-refractivity contribution in [3.63, 3.8) is 0 Å². The van der Waals surface area contributed by atoms with Crippen LogP contribution in [-0.2, 0) is 14.8 Å². The normalized spacial score (nSPS) is 17.6. The van der Waals surface area contributed by atoms with E-state index in [1.807, 2.05) is 26.0 Å². The SMILES string of the molecule is CC/C=C(\C)C(=O)Nc1ccc(C)c(N2CCCS2(=O)=O)c1. The van der Waals surface area contributed by atoms with Gasteiger partial charge >= 0.3 is 0 Å². The van der Waals surface area contributed by atoms with E-state index in [1.54, 1.807) is 19.1 Å². The molecule has 1 amide bonds. The van der Waals surface area contributed by atoms with Gasteiger partial charge in [0.15, 0.2) is 0 Å². The van der Waals surface area contributed by atoms with Gasteiger partial charge in [-0.1, -0.05) is 19.1 Å². The lowest BCUT2D eigenvalue weighted by atomic mass is 10.1. The van der Waals surface area contributed by atoms with E-state index in [4.69, 9.17) is 0 Å². The summed E-state index contributed by atoms with van der Waals surface area (Å²) in [4.78, 5) is 12.0. The van der Waals surface area contributed by atoms with Gasteiger partial charge in [0.05, 0.1) is 11.4 Å². The molecule has 22 heavy (non-hydrogen) atoms. The molecule has 0 aliphatic carbocycles. The third-order valence-corrected chi connectivity index (χ3v) is 5.56. The number of aryl methyl sites for hydroxylation is 1. The van der Waals surface area contributed by atoms with Gasteiger partial charge in [-0.15, -0.1) is 0 Å². The predicted molar refractivity (Wildman–Crippen MR) is 89.6 cm³/mol. The van der Waals surface area contributed by atoms with E-state index < -0.39 is 10.0 Å². The predicted octanol–water partition coefficient (Wildman–Crippen LogP) is 2.83. The molecule has 1 heterocycles. The molecule has 1 N–H and O–H groups in total. The number of nitrogens with zero attached hydrogens (tertiary/aromatic N) is 1. The summed E-state index contributed by atoms with van der Waals surface area (Å²) < 4.78 is 25.6. The summed E-state index contributed by atoms with van der Waals surface area (Å²) in [6.45, 7) is 6.10. The van der Waals surface area contributed by atoms with Crippen LogP contribution in [0.2, 0.25) is 0 Å². The van der Waals surface area contributed by atoms with Crippen LogP contribution in [0.25, 0.3) is 0 Å². The van der Waals surface area contributed by atoms with Crippen LogP contribution in [0.15, 0.2) is 29.8 Å². The topological polar surface area (TPSA) is 66.5 Å². The summed E-state index contributed by atoms with van der Waals surface area (Å²) in [7, 11) is -3.22. The lowest BCUT2D eigenvalue weighted by Crippen LogP contribution is -2.26. The highest BCUT2D eigenvalue weighted by molar-refractivity contribution is 7.93. The van der Waals surface area contributed by atoms with Crippen molar-refractivity contribution in [1.29, 1.82) is 0 Å². The van der Waals surface area contributed by atoms with Crippen LogP contribution in [0, 0.1) is 6.92 Å². The minimum absolute atomic E-state index is 0.166. The van der Waals surface area contributed by atoms with Gasteiger partial charge in [-0.05, 0) is 44.4 Å². The maximum Gasteiger partial charge on any atom is 0.250 e. The van der Waals surface area contributed by atoms with Crippen molar-refractivity contribution >= 4 is 27.3 Å². The molecule has 0 saturated carbocycles. The van der Waals surface area contributed by atoms with Gasteiger partial charge in [-0.3, -0.25) is 9.10 Å². The molecule has 1 aliphatic heterocycles. The Hall–Kier alpha value is -1.82. The van der Waals surface area contributed by atoms with Crippen LogP contribution in [0.3, 0.4) is 0 Å². The summed E-state index contributed by atoms with van der Waals surface area (Å²) in [6, 6.07) is 5.35. The fraction of sp³-hybridized carbons (Fsp3) is 0.438. The molecule has 0 spiro atoms. The Morgan fingerprint density at radius 3 is 2.73 bits per heavy atom. The fourth-order valence-electron chi connectivity index (χ4n) is 2.49. The summed E-state index contributed by atoms with van der Waals surface area (Å²) in [5.74, 6) is 0.0161. The fourth-order valence-corrected chi connectivity index (χ4v) is 4.11. The van der Waals surface area contributed by atoms with Crippen LogP contribution in [0.1, 0.15) is 32.3 Å². The van der Waals surface area contributed by atoms with E-state index in [0.717, 1.165) is 12.0 Å². The van der Waals surface area contributed by atoms with Crippen LogP contribution in [0.4, 0.5) is 11.4 Å². The van der Waals surface area contributed by atoms with Gasteiger partial charge < -0.3 is 5.32 Å². The average molecular weight is 322 g/mol. The number of anilines is 2. The van der Waals surface area contributed by atoms with Crippen LogP contribution in [-0.4, -0.2) is 26.6 Å². The molecule has 0 unspecified atom stereocenters. The minimum Gasteiger partial charge on any atom is -0.322 e. The van der Waals surface area contributed by atoms with E-state index in [9.17, 15) is 13.2 Å². The first-order chi connectivity index (χ1) is 10.3. The lowest BCUT2D eigenvalue weighted by Gasteiger charge is -2.20. The van der Waals surface area contributed by atoms with Crippen LogP contribution in [0.5, 0.6) is 0 Å². The summed E-state index contributed by atoms with van der Waals surface area (Å²) in [6.07, 6.45) is 3.29. The molecular formula is C16H22N2O3S. The number of hydrogen-bond donors (Lipinski definition) is 1. The van der Waals surface area contributed by atoms with Gasteiger partial charge in [-0.2, -0.15) is 0 Å². The third-order valence-electron chi connectivity index (χ3n) is 3.70. The van der Waals surface area contributed by atoms with Crippen molar-refractivity contribution in [2.45, 2.75) is 33.6 Å². The van der Waals surface area contributed by atoms with Gasteiger partial charge in [0.1, 0.15) is 0 Å². The molecule has 0 radical (unpaired) electrons. The quantitative estimate of drug-likeness (QED) is 0.867. The van der Waals surface area contributed by atoms with Gasteiger partial charge in [0, 0.05) is 17.8 Å². The Morgan fingerprint density at radius 1 is 1.41 bits per heavy atom. The van der Waals surface area contributed by atoms with Crippen molar-refractivity contribution in [3.8, 4) is 0 Å². The van der Waals surface area contributed by atoms with E-state index in [-0.39, 0.29) is 11.7 Å². The van der Waals surface area contributed by atoms with E-state index in [0.29, 0.717) is 29.9 Å². The minimum atomic E-state index is -3.22. The Kier molecular flexibility index (Phi) is 4.90. The first kappa shape index (κ1) is 16.5. The smallest absolute Gasteiger partial charge is 0.250 e. The molecule has 1 aromatic rings. The van der Waals surface area contributed by atoms with Crippen molar-refractivity contribution in [2.75, 3.05) is 21.9 Å². The van der Waals surface area contributed by atoms with Crippen molar-refractivity contribution < 1.29 is 13.2 Å². The molecule has 6 heteroatoms. The highest BCUT2D eigenvalue weighted by atomic mass is 32.2. The Labute approximate surface area is 132 Å². The van der Waals surface area contributed by atoms with Gasteiger partial charge in [0.2, 0.25) is 10.0 Å². The maximum absolute atomic E-state index is 12.1. The average Bonchev–Trinajstić information content (AvgIpc) is 2.80. The Bertz CT molecular complexity index is 708. The number of nitrogens with one attached hydrogen (secondary N) is 1. The van der Waals surface area contributed by atoms with Crippen molar-refractivity contribution in [1.82, 2.24) is 0 Å². The number of benzene rings is 1. The summed E-state index contributed by atoms with van der Waals surface area (Å²) in [5.41, 5.74) is 2.78. The monoisotopic (exact) mass is 322 g/mol. The molecule has 1 aliphatic rings. The van der Waals surface area contributed by atoms with E-state index >= 15 is 0 Å². The largest absolute Gasteiger partial charge is 0.322 e. The van der Waals surface area contributed by atoms with Crippen molar-refractivity contribution in [3.05, 3.63) is 35.4 Å². The highest BCUT2D eigenvalue weighted by Gasteiger charge is 2.29. The molecule has 0 atom stereocenters. The second-order valence-electron chi connectivity index (χ2n) is 5.49. The number of carbonyl (C=O) groups excluding carboxylic acids is 1. The van der Waals surface area contributed by atoms with Crippen molar-refractivity contribution in [2.24, 2.45) is 0 Å². The molecule has 1 saturated heterocycles. The molecule has 1 fully saturated rings. The lowest BCUT2D eigenvalue weighted by molar-refractivity contribution is -0.112. The first-order valence-electron chi connectivity index (χ1n) is 7.44. The third kappa shape index (κ3) is 3.50. The van der Waals surface area contributed by atoms with E-state index in [2.05, 4.69) is 5.32 Å². The highest BCUT2D eigenvalue weighted by Crippen LogP contribution is 2.30. The van der Waals surface area contributed by atoms with Crippen LogP contribution < -0.4 is 9.62 Å². The number of rotatable bonds is 4. The second kappa shape index (κ2) is 6.52. The molecule has 2 rings (SSSR count). The van der Waals surface area contributed by atoms with Gasteiger partial charge in [-0.25, -0.2) is 8.42 Å². The molecule has 5 nitrogen and oxygen atoms in total. The molecule has 1 aromatic carbocycles. The maximum atomic E-state index is 12.1. The zero-order valence-electron chi connectivity index (χ0n) is 13.2. The Morgan fingerprint density at radius 2 is 2.14 bits per heavy atom. The molecule has 120 valence electrons. The number of carbonyl (C=O) groups is 1. The first-order valence-corrected chi connectivity index (χ1v) is 9.05. The zero-order valence-corrected chi connectivity index (χ0v) is 14.0. The number of hydrogen-bond acceptors (Lipinski definition) is 3. The zero-order chi connectivity index (χ0) is 16.3. The number of amides is 1. The van der Waals surface area contributed by atoms with Gasteiger partial charge in [0.25, 0.3) is 5.91 Å².